The molecular formula is C12H18ClN3O. The zero-order chi connectivity index (χ0) is 12.6. The van der Waals surface area contributed by atoms with Crippen molar-refractivity contribution in [3.05, 3.63) is 22.7 Å². The Morgan fingerprint density at radius 2 is 2.12 bits per heavy atom. The number of aromatic nitrogens is 2. The van der Waals surface area contributed by atoms with Gasteiger partial charge in [-0.05, 0) is 18.9 Å². The molecule has 0 atom stereocenters. The summed E-state index contributed by atoms with van der Waals surface area (Å²) >= 11 is 5.88. The second-order valence-electron chi connectivity index (χ2n) is 5.15. The highest BCUT2D eigenvalue weighted by atomic mass is 35.5. The molecule has 2 heterocycles. The highest BCUT2D eigenvalue weighted by Gasteiger charge is 2.43. The second kappa shape index (κ2) is 4.52. The summed E-state index contributed by atoms with van der Waals surface area (Å²) in [4.78, 5) is 10.6. The van der Waals surface area contributed by atoms with Gasteiger partial charge in [0.05, 0.1) is 12.1 Å². The molecule has 1 aliphatic heterocycles. The van der Waals surface area contributed by atoms with E-state index in [-0.39, 0.29) is 5.92 Å². The Bertz CT molecular complexity index is 396. The van der Waals surface area contributed by atoms with Gasteiger partial charge >= 0.3 is 0 Å². The number of halogens is 1. The van der Waals surface area contributed by atoms with Crippen LogP contribution in [0.3, 0.4) is 0 Å². The molecule has 0 radical (unpaired) electrons. The summed E-state index contributed by atoms with van der Waals surface area (Å²) in [5, 5.41) is 10.6. The molecule has 1 saturated heterocycles. The fourth-order valence-corrected chi connectivity index (χ4v) is 2.32. The SMILES string of the molecule is Cc1cc(Cl)nc(CN2CC(O)(C(C)C)C2)n1. The average molecular weight is 256 g/mol. The minimum atomic E-state index is -0.548. The van der Waals surface area contributed by atoms with E-state index >= 15 is 0 Å². The Balaban J connectivity index is 1.96. The van der Waals surface area contributed by atoms with Crippen molar-refractivity contribution in [3.8, 4) is 0 Å². The maximum absolute atomic E-state index is 10.1. The van der Waals surface area contributed by atoms with Gasteiger partial charge in [-0.3, -0.25) is 4.90 Å². The highest BCUT2D eigenvalue weighted by molar-refractivity contribution is 6.29. The van der Waals surface area contributed by atoms with E-state index in [1.54, 1.807) is 6.07 Å². The van der Waals surface area contributed by atoms with Crippen molar-refractivity contribution in [1.29, 1.82) is 0 Å². The zero-order valence-electron chi connectivity index (χ0n) is 10.4. The summed E-state index contributed by atoms with van der Waals surface area (Å²) in [7, 11) is 0. The molecule has 0 bridgehead atoms. The van der Waals surface area contributed by atoms with Crippen molar-refractivity contribution >= 4 is 11.6 Å². The Kier molecular flexibility index (Phi) is 3.39. The molecule has 5 heteroatoms. The Hall–Kier alpha value is -0.710. The third-order valence-electron chi connectivity index (χ3n) is 3.30. The van der Waals surface area contributed by atoms with Crippen molar-refractivity contribution in [2.75, 3.05) is 13.1 Å². The molecule has 1 aliphatic rings. The van der Waals surface area contributed by atoms with Crippen LogP contribution in [0.4, 0.5) is 0 Å². The molecule has 0 spiro atoms. The predicted octanol–water partition coefficient (Wildman–Crippen LogP) is 1.64. The molecule has 0 aromatic carbocycles. The largest absolute Gasteiger partial charge is 0.387 e. The van der Waals surface area contributed by atoms with Crippen molar-refractivity contribution in [2.24, 2.45) is 5.92 Å². The molecule has 0 saturated carbocycles. The van der Waals surface area contributed by atoms with E-state index in [4.69, 9.17) is 11.6 Å². The summed E-state index contributed by atoms with van der Waals surface area (Å²) in [5.41, 5.74) is 0.327. The van der Waals surface area contributed by atoms with Crippen LogP contribution in [-0.2, 0) is 6.54 Å². The lowest BCUT2D eigenvalue weighted by Crippen LogP contribution is -2.63. The molecule has 1 N–H and O–H groups in total. The third-order valence-corrected chi connectivity index (χ3v) is 3.50. The van der Waals surface area contributed by atoms with Crippen LogP contribution in [0.25, 0.3) is 0 Å². The second-order valence-corrected chi connectivity index (χ2v) is 5.54. The molecule has 17 heavy (non-hydrogen) atoms. The number of hydrogen-bond acceptors (Lipinski definition) is 4. The van der Waals surface area contributed by atoms with Crippen LogP contribution < -0.4 is 0 Å². The average Bonchev–Trinajstić information content (AvgIpc) is 2.12. The zero-order valence-corrected chi connectivity index (χ0v) is 11.2. The summed E-state index contributed by atoms with van der Waals surface area (Å²) in [6.45, 7) is 7.99. The van der Waals surface area contributed by atoms with Gasteiger partial charge in [0.15, 0.2) is 0 Å². The van der Waals surface area contributed by atoms with Crippen molar-refractivity contribution in [3.63, 3.8) is 0 Å². The number of β-amino-alcohol motifs (C(OH)–C–C–N with tert-alkyl or cyclic N) is 1. The van der Waals surface area contributed by atoms with Crippen LogP contribution in [0.15, 0.2) is 6.07 Å². The normalized spacial score (nSPS) is 19.4. The Morgan fingerprint density at radius 1 is 1.47 bits per heavy atom. The van der Waals surface area contributed by atoms with Crippen LogP contribution in [0, 0.1) is 12.8 Å². The van der Waals surface area contributed by atoms with Crippen molar-refractivity contribution in [2.45, 2.75) is 32.9 Å². The first-order valence-electron chi connectivity index (χ1n) is 5.84. The fourth-order valence-electron chi connectivity index (χ4n) is 2.06. The summed E-state index contributed by atoms with van der Waals surface area (Å²) < 4.78 is 0. The van der Waals surface area contributed by atoms with E-state index in [9.17, 15) is 5.11 Å². The summed E-state index contributed by atoms with van der Waals surface area (Å²) in [6, 6.07) is 1.74. The minimum Gasteiger partial charge on any atom is -0.387 e. The first kappa shape index (κ1) is 12.7. The van der Waals surface area contributed by atoms with E-state index in [0.29, 0.717) is 24.8 Å². The lowest BCUT2D eigenvalue weighted by molar-refractivity contribution is -0.131. The maximum Gasteiger partial charge on any atom is 0.144 e. The monoisotopic (exact) mass is 255 g/mol. The molecule has 2 rings (SSSR count). The van der Waals surface area contributed by atoms with Crippen molar-refractivity contribution in [1.82, 2.24) is 14.9 Å². The molecule has 1 aromatic rings. The molecule has 4 nitrogen and oxygen atoms in total. The summed E-state index contributed by atoms with van der Waals surface area (Å²) in [5.74, 6) is 1.00. The Labute approximate surface area is 107 Å². The molecule has 1 fully saturated rings. The lowest BCUT2D eigenvalue weighted by Gasteiger charge is -2.48. The molecular weight excluding hydrogens is 238 g/mol. The van der Waals surface area contributed by atoms with Crippen LogP contribution >= 0.6 is 11.6 Å². The molecule has 0 aliphatic carbocycles. The summed E-state index contributed by atoms with van der Waals surface area (Å²) in [6.07, 6.45) is 0. The van der Waals surface area contributed by atoms with Gasteiger partial charge in [-0.25, -0.2) is 9.97 Å². The van der Waals surface area contributed by atoms with E-state index in [2.05, 4.69) is 14.9 Å². The van der Waals surface area contributed by atoms with E-state index in [1.165, 1.54) is 0 Å². The first-order chi connectivity index (χ1) is 7.89. The number of rotatable bonds is 3. The number of aryl methyl sites for hydroxylation is 1. The number of hydrogen-bond donors (Lipinski definition) is 1. The smallest absolute Gasteiger partial charge is 0.144 e. The van der Waals surface area contributed by atoms with Gasteiger partial charge in [-0.1, -0.05) is 25.4 Å². The van der Waals surface area contributed by atoms with Crippen LogP contribution in [0.2, 0.25) is 5.15 Å². The minimum absolute atomic E-state index is 0.278. The Morgan fingerprint density at radius 3 is 2.65 bits per heavy atom. The van der Waals surface area contributed by atoms with E-state index in [1.807, 2.05) is 20.8 Å². The van der Waals surface area contributed by atoms with Gasteiger partial charge in [0.2, 0.25) is 0 Å². The van der Waals surface area contributed by atoms with Gasteiger partial charge in [0.25, 0.3) is 0 Å². The van der Waals surface area contributed by atoms with Gasteiger partial charge < -0.3 is 5.11 Å². The maximum atomic E-state index is 10.1. The van der Waals surface area contributed by atoms with Gasteiger partial charge in [-0.15, -0.1) is 0 Å². The van der Waals surface area contributed by atoms with E-state index in [0.717, 1.165) is 11.5 Å². The van der Waals surface area contributed by atoms with Crippen molar-refractivity contribution < 1.29 is 5.11 Å². The number of aliphatic hydroxyl groups is 1. The van der Waals surface area contributed by atoms with Crippen LogP contribution in [0.5, 0.6) is 0 Å². The number of nitrogens with zero attached hydrogens (tertiary/aromatic N) is 3. The molecule has 94 valence electrons. The highest BCUT2D eigenvalue weighted by Crippen LogP contribution is 2.29. The third kappa shape index (κ3) is 2.76. The standard InChI is InChI=1S/C12H18ClN3O/c1-8(2)12(17)6-16(7-12)5-11-14-9(3)4-10(13)15-11/h4,8,17H,5-7H2,1-3H3. The fraction of sp³-hybridized carbons (Fsp3) is 0.667. The molecule has 1 aromatic heterocycles. The predicted molar refractivity (Wildman–Crippen MR) is 66.8 cm³/mol. The van der Waals surface area contributed by atoms with Gasteiger partial charge in [-0.2, -0.15) is 0 Å². The molecule has 0 unspecified atom stereocenters. The lowest BCUT2D eigenvalue weighted by atomic mass is 9.83. The number of likely N-dealkylation sites (tertiary alicyclic amines) is 1. The molecule has 0 amide bonds. The van der Waals surface area contributed by atoms with Crippen LogP contribution in [0.1, 0.15) is 25.4 Å². The van der Waals surface area contributed by atoms with Gasteiger partial charge in [0.1, 0.15) is 11.0 Å². The van der Waals surface area contributed by atoms with Gasteiger partial charge in [0, 0.05) is 18.8 Å². The first-order valence-corrected chi connectivity index (χ1v) is 6.22. The topological polar surface area (TPSA) is 49.2 Å². The van der Waals surface area contributed by atoms with Crippen LogP contribution in [-0.4, -0.2) is 38.7 Å². The quantitative estimate of drug-likeness (QED) is 0.835. The van der Waals surface area contributed by atoms with E-state index < -0.39 is 5.60 Å².